The fourth-order valence-corrected chi connectivity index (χ4v) is 2.37. The van der Waals surface area contributed by atoms with E-state index >= 15 is 0 Å². The van der Waals surface area contributed by atoms with Crippen molar-refractivity contribution >= 4 is 5.97 Å². The molecule has 0 aliphatic carbocycles. The quantitative estimate of drug-likeness (QED) is 0.691. The number of hydrogen-bond acceptors (Lipinski definition) is 3. The van der Waals surface area contributed by atoms with Gasteiger partial charge in [0.05, 0.1) is 0 Å². The standard InChI is InChI=1S/C10H20N2O2/c1-7-3-8(2)6-12(5-7)9(4-11)10(13)14/h7-9H,3-6,11H2,1-2H3,(H,13,14). The first-order chi connectivity index (χ1) is 6.54. The second-order valence-corrected chi connectivity index (χ2v) is 4.49. The van der Waals surface area contributed by atoms with Crippen molar-refractivity contribution in [2.75, 3.05) is 19.6 Å². The summed E-state index contributed by atoms with van der Waals surface area (Å²) >= 11 is 0. The van der Waals surface area contributed by atoms with Gasteiger partial charge in [0.1, 0.15) is 6.04 Å². The number of carboxylic acids is 1. The van der Waals surface area contributed by atoms with E-state index in [9.17, 15) is 4.79 Å². The van der Waals surface area contributed by atoms with Gasteiger partial charge in [-0.2, -0.15) is 0 Å². The van der Waals surface area contributed by atoms with Crippen molar-refractivity contribution in [3.05, 3.63) is 0 Å². The van der Waals surface area contributed by atoms with Crippen LogP contribution in [0.4, 0.5) is 0 Å². The third-order valence-electron chi connectivity index (χ3n) is 2.85. The highest BCUT2D eigenvalue weighted by molar-refractivity contribution is 5.73. The zero-order valence-corrected chi connectivity index (χ0v) is 8.94. The molecule has 4 heteroatoms. The normalized spacial score (nSPS) is 31.4. The van der Waals surface area contributed by atoms with Crippen LogP contribution >= 0.6 is 0 Å². The van der Waals surface area contributed by atoms with Crippen LogP contribution in [0.3, 0.4) is 0 Å². The average Bonchev–Trinajstić information content (AvgIpc) is 2.02. The lowest BCUT2D eigenvalue weighted by Gasteiger charge is -2.37. The van der Waals surface area contributed by atoms with Crippen LogP contribution in [0.1, 0.15) is 20.3 Å². The van der Waals surface area contributed by atoms with Crippen LogP contribution in [-0.4, -0.2) is 41.7 Å². The Morgan fingerprint density at radius 1 is 1.50 bits per heavy atom. The maximum absolute atomic E-state index is 10.9. The number of piperidine rings is 1. The summed E-state index contributed by atoms with van der Waals surface area (Å²) in [5, 5.41) is 8.98. The fraction of sp³-hybridized carbons (Fsp3) is 0.900. The van der Waals surface area contributed by atoms with Crippen LogP contribution in [0.15, 0.2) is 0 Å². The smallest absolute Gasteiger partial charge is 0.322 e. The van der Waals surface area contributed by atoms with Crippen molar-refractivity contribution in [3.63, 3.8) is 0 Å². The summed E-state index contributed by atoms with van der Waals surface area (Å²) in [6.07, 6.45) is 1.19. The van der Waals surface area contributed by atoms with E-state index in [-0.39, 0.29) is 6.54 Å². The van der Waals surface area contributed by atoms with Crippen molar-refractivity contribution < 1.29 is 9.90 Å². The molecule has 0 bridgehead atoms. The minimum atomic E-state index is -0.797. The van der Waals surface area contributed by atoms with Crippen molar-refractivity contribution in [1.82, 2.24) is 4.90 Å². The van der Waals surface area contributed by atoms with Crippen LogP contribution < -0.4 is 5.73 Å². The Hall–Kier alpha value is -0.610. The Bertz CT molecular complexity index is 198. The van der Waals surface area contributed by atoms with Gasteiger partial charge < -0.3 is 10.8 Å². The number of hydrogen-bond donors (Lipinski definition) is 2. The Morgan fingerprint density at radius 2 is 2.00 bits per heavy atom. The first kappa shape index (κ1) is 11.5. The van der Waals surface area contributed by atoms with Crippen LogP contribution in [0.25, 0.3) is 0 Å². The van der Waals surface area contributed by atoms with Crippen LogP contribution in [-0.2, 0) is 4.79 Å². The first-order valence-electron chi connectivity index (χ1n) is 5.21. The molecule has 0 amide bonds. The van der Waals surface area contributed by atoms with Crippen molar-refractivity contribution in [2.45, 2.75) is 26.3 Å². The van der Waals surface area contributed by atoms with Crippen LogP contribution in [0.5, 0.6) is 0 Å². The molecular formula is C10H20N2O2. The van der Waals surface area contributed by atoms with Gasteiger partial charge in [-0.1, -0.05) is 13.8 Å². The van der Waals surface area contributed by atoms with E-state index in [1.807, 2.05) is 4.90 Å². The lowest BCUT2D eigenvalue weighted by atomic mass is 9.91. The number of carbonyl (C=O) groups is 1. The zero-order valence-electron chi connectivity index (χ0n) is 8.94. The predicted octanol–water partition coefficient (Wildman–Crippen LogP) is 0.376. The Balaban J connectivity index is 2.61. The van der Waals surface area contributed by atoms with E-state index in [1.165, 1.54) is 6.42 Å². The van der Waals surface area contributed by atoms with Gasteiger partial charge in [-0.3, -0.25) is 9.69 Å². The van der Waals surface area contributed by atoms with Gasteiger partial charge in [0.15, 0.2) is 0 Å². The van der Waals surface area contributed by atoms with Gasteiger partial charge >= 0.3 is 5.97 Å². The Morgan fingerprint density at radius 3 is 2.36 bits per heavy atom. The molecule has 3 atom stereocenters. The molecular weight excluding hydrogens is 180 g/mol. The molecule has 0 radical (unpaired) electrons. The molecule has 1 saturated heterocycles. The maximum atomic E-state index is 10.9. The molecule has 0 aromatic rings. The zero-order chi connectivity index (χ0) is 10.7. The van der Waals surface area contributed by atoms with Gasteiger partial charge in [-0.05, 0) is 18.3 Å². The predicted molar refractivity (Wildman–Crippen MR) is 55.0 cm³/mol. The highest BCUT2D eigenvalue weighted by atomic mass is 16.4. The van der Waals surface area contributed by atoms with Crippen LogP contribution in [0.2, 0.25) is 0 Å². The number of rotatable bonds is 3. The van der Waals surface area contributed by atoms with Crippen molar-refractivity contribution in [3.8, 4) is 0 Å². The average molecular weight is 200 g/mol. The summed E-state index contributed by atoms with van der Waals surface area (Å²) in [4.78, 5) is 12.9. The monoisotopic (exact) mass is 200 g/mol. The number of nitrogens with two attached hydrogens (primary N) is 1. The van der Waals surface area contributed by atoms with E-state index in [2.05, 4.69) is 13.8 Å². The Labute approximate surface area is 85.1 Å². The number of carboxylic acid groups (broad SMARTS) is 1. The number of likely N-dealkylation sites (tertiary alicyclic amines) is 1. The molecule has 3 N–H and O–H groups in total. The highest BCUT2D eigenvalue weighted by Gasteiger charge is 2.30. The van der Waals surface area contributed by atoms with Gasteiger partial charge in [0.25, 0.3) is 0 Å². The SMILES string of the molecule is CC1CC(C)CN(C(CN)C(=O)O)C1. The molecule has 1 aliphatic rings. The molecule has 1 fully saturated rings. The summed E-state index contributed by atoms with van der Waals surface area (Å²) in [6.45, 7) is 6.25. The maximum Gasteiger partial charge on any atom is 0.322 e. The fourth-order valence-electron chi connectivity index (χ4n) is 2.37. The number of nitrogens with zero attached hydrogens (tertiary/aromatic N) is 1. The third kappa shape index (κ3) is 2.69. The molecule has 1 heterocycles. The summed E-state index contributed by atoms with van der Waals surface area (Å²) in [5.41, 5.74) is 5.47. The second-order valence-electron chi connectivity index (χ2n) is 4.49. The van der Waals surface area contributed by atoms with E-state index < -0.39 is 12.0 Å². The summed E-state index contributed by atoms with van der Waals surface area (Å²) in [5.74, 6) is 0.355. The first-order valence-corrected chi connectivity index (χ1v) is 5.21. The topological polar surface area (TPSA) is 66.6 Å². The molecule has 14 heavy (non-hydrogen) atoms. The van der Waals surface area contributed by atoms with Gasteiger partial charge in [-0.15, -0.1) is 0 Å². The minimum Gasteiger partial charge on any atom is -0.480 e. The molecule has 0 spiro atoms. The van der Waals surface area contributed by atoms with Crippen molar-refractivity contribution in [1.29, 1.82) is 0 Å². The van der Waals surface area contributed by atoms with E-state index in [4.69, 9.17) is 10.8 Å². The molecule has 0 aromatic carbocycles. The molecule has 1 rings (SSSR count). The van der Waals surface area contributed by atoms with E-state index in [1.54, 1.807) is 0 Å². The molecule has 82 valence electrons. The summed E-state index contributed by atoms with van der Waals surface area (Å²) in [7, 11) is 0. The largest absolute Gasteiger partial charge is 0.480 e. The summed E-state index contributed by atoms with van der Waals surface area (Å²) < 4.78 is 0. The molecule has 4 nitrogen and oxygen atoms in total. The molecule has 0 aromatic heterocycles. The van der Waals surface area contributed by atoms with Crippen molar-refractivity contribution in [2.24, 2.45) is 17.6 Å². The second kappa shape index (κ2) is 4.75. The lowest BCUT2D eigenvalue weighted by Crippen LogP contribution is -2.51. The van der Waals surface area contributed by atoms with Gasteiger partial charge in [0, 0.05) is 19.6 Å². The van der Waals surface area contributed by atoms with E-state index in [0.29, 0.717) is 11.8 Å². The minimum absolute atomic E-state index is 0.203. The third-order valence-corrected chi connectivity index (χ3v) is 2.85. The molecule has 1 aliphatic heterocycles. The molecule has 0 saturated carbocycles. The van der Waals surface area contributed by atoms with Crippen LogP contribution in [0, 0.1) is 11.8 Å². The highest BCUT2D eigenvalue weighted by Crippen LogP contribution is 2.22. The van der Waals surface area contributed by atoms with Gasteiger partial charge in [0.2, 0.25) is 0 Å². The lowest BCUT2D eigenvalue weighted by molar-refractivity contribution is -0.144. The molecule has 3 unspecified atom stereocenters. The van der Waals surface area contributed by atoms with Gasteiger partial charge in [-0.25, -0.2) is 0 Å². The summed E-state index contributed by atoms with van der Waals surface area (Å²) in [6, 6.07) is -0.500. The van der Waals surface area contributed by atoms with E-state index in [0.717, 1.165) is 13.1 Å². The number of aliphatic carboxylic acids is 1. The Kier molecular flexibility index (Phi) is 3.89.